The van der Waals surface area contributed by atoms with E-state index in [9.17, 15) is 0 Å². The van der Waals surface area contributed by atoms with E-state index in [1.54, 1.807) is 19.2 Å². The number of hydrogen-bond donors (Lipinski definition) is 3. The van der Waals surface area contributed by atoms with Gasteiger partial charge in [-0.05, 0) is 6.07 Å². The van der Waals surface area contributed by atoms with Crippen LogP contribution in [0.15, 0.2) is 17.3 Å². The molecule has 0 heterocycles. The molecule has 6 nitrogen and oxygen atoms in total. The first-order chi connectivity index (χ1) is 9.03. The molecule has 19 heavy (non-hydrogen) atoms. The zero-order chi connectivity index (χ0) is 14.4. The van der Waals surface area contributed by atoms with E-state index in [1.807, 2.05) is 6.92 Å². The number of oxime groups is 1. The summed E-state index contributed by atoms with van der Waals surface area (Å²) in [7, 11) is 3.09. The van der Waals surface area contributed by atoms with Gasteiger partial charge < -0.3 is 25.7 Å². The van der Waals surface area contributed by atoms with Crippen molar-refractivity contribution in [2.45, 2.75) is 6.92 Å². The van der Waals surface area contributed by atoms with E-state index in [-0.39, 0.29) is 11.8 Å². The quantitative estimate of drug-likeness (QED) is 0.323. The summed E-state index contributed by atoms with van der Waals surface area (Å²) in [4.78, 5) is 0. The lowest BCUT2D eigenvalue weighted by Gasteiger charge is -2.16. The van der Waals surface area contributed by atoms with Crippen molar-refractivity contribution in [3.63, 3.8) is 0 Å². The lowest BCUT2D eigenvalue weighted by atomic mass is 10.1. The van der Waals surface area contributed by atoms with Crippen molar-refractivity contribution in [2.24, 2.45) is 16.8 Å². The van der Waals surface area contributed by atoms with Crippen molar-refractivity contribution >= 4 is 23.1 Å². The van der Waals surface area contributed by atoms with E-state index in [2.05, 4.69) is 10.5 Å². The van der Waals surface area contributed by atoms with Crippen LogP contribution in [-0.4, -0.2) is 31.8 Å². The summed E-state index contributed by atoms with van der Waals surface area (Å²) in [5, 5.41) is 15.2. The fraction of sp³-hybridized carbons (Fsp3) is 0.417. The van der Waals surface area contributed by atoms with E-state index < -0.39 is 0 Å². The molecule has 7 heteroatoms. The number of amidine groups is 1. The fourth-order valence-corrected chi connectivity index (χ4v) is 1.71. The summed E-state index contributed by atoms with van der Waals surface area (Å²) in [6.07, 6.45) is 0. The average Bonchev–Trinajstić information content (AvgIpc) is 2.43. The van der Waals surface area contributed by atoms with Crippen molar-refractivity contribution in [3.05, 3.63) is 17.2 Å². The van der Waals surface area contributed by atoms with Crippen LogP contribution in [0.1, 0.15) is 6.92 Å². The molecule has 0 saturated heterocycles. The van der Waals surface area contributed by atoms with Crippen LogP contribution < -0.4 is 20.5 Å². The number of nitrogens with two attached hydrogens (primary N) is 1. The van der Waals surface area contributed by atoms with Gasteiger partial charge in [-0.15, -0.1) is 0 Å². The normalized spacial score (nSPS) is 12.9. The van der Waals surface area contributed by atoms with Gasteiger partial charge in [0.1, 0.15) is 17.3 Å². The minimum Gasteiger partial charge on any atom is -0.495 e. The number of rotatable bonds is 6. The number of anilines is 1. The zero-order valence-corrected chi connectivity index (χ0v) is 11.9. The maximum absolute atomic E-state index is 8.59. The Morgan fingerprint density at radius 1 is 1.42 bits per heavy atom. The van der Waals surface area contributed by atoms with Gasteiger partial charge in [0.25, 0.3) is 0 Å². The first kappa shape index (κ1) is 15.2. The summed E-state index contributed by atoms with van der Waals surface area (Å²) in [6, 6.07) is 3.40. The van der Waals surface area contributed by atoms with Crippen molar-refractivity contribution in [3.8, 4) is 11.5 Å². The van der Waals surface area contributed by atoms with Gasteiger partial charge in [-0.25, -0.2) is 0 Å². The molecule has 0 aliphatic rings. The van der Waals surface area contributed by atoms with E-state index >= 15 is 0 Å². The van der Waals surface area contributed by atoms with Crippen molar-refractivity contribution in [1.29, 1.82) is 0 Å². The highest BCUT2D eigenvalue weighted by Crippen LogP contribution is 2.35. The molecule has 0 aliphatic heterocycles. The van der Waals surface area contributed by atoms with Crippen molar-refractivity contribution < 1.29 is 14.7 Å². The predicted octanol–water partition coefficient (Wildman–Crippen LogP) is 2.15. The van der Waals surface area contributed by atoms with Gasteiger partial charge in [0, 0.05) is 18.5 Å². The molecule has 1 unspecified atom stereocenters. The highest BCUT2D eigenvalue weighted by Gasteiger charge is 2.12. The molecule has 0 amide bonds. The maximum atomic E-state index is 8.59. The molecule has 0 aliphatic carbocycles. The summed E-state index contributed by atoms with van der Waals surface area (Å²) < 4.78 is 10.4. The Morgan fingerprint density at radius 2 is 2.05 bits per heavy atom. The molecule has 1 aromatic carbocycles. The summed E-state index contributed by atoms with van der Waals surface area (Å²) in [5.41, 5.74) is 6.22. The summed E-state index contributed by atoms with van der Waals surface area (Å²) in [5.74, 6) is 1.17. The van der Waals surface area contributed by atoms with Gasteiger partial charge in [-0.3, -0.25) is 0 Å². The molecular formula is C12H18ClN3O3. The summed E-state index contributed by atoms with van der Waals surface area (Å²) >= 11 is 6.05. The van der Waals surface area contributed by atoms with Crippen LogP contribution in [0, 0.1) is 5.92 Å². The molecule has 1 atom stereocenters. The topological polar surface area (TPSA) is 89.1 Å². The molecule has 0 aromatic heterocycles. The molecule has 4 N–H and O–H groups in total. The van der Waals surface area contributed by atoms with E-state index in [4.69, 9.17) is 32.0 Å². The molecular weight excluding hydrogens is 270 g/mol. The minimum absolute atomic E-state index is 0.129. The predicted molar refractivity (Wildman–Crippen MR) is 75.6 cm³/mol. The Kier molecular flexibility index (Phi) is 5.57. The lowest BCUT2D eigenvalue weighted by molar-refractivity contribution is 0.315. The zero-order valence-electron chi connectivity index (χ0n) is 11.1. The lowest BCUT2D eigenvalue weighted by Crippen LogP contribution is -2.27. The highest BCUT2D eigenvalue weighted by molar-refractivity contribution is 6.32. The summed E-state index contributed by atoms with van der Waals surface area (Å²) in [6.45, 7) is 2.31. The Bertz CT molecular complexity index is 466. The molecule has 0 radical (unpaired) electrons. The van der Waals surface area contributed by atoms with Gasteiger partial charge in [-0.1, -0.05) is 23.7 Å². The second-order valence-electron chi connectivity index (χ2n) is 3.99. The molecule has 0 saturated carbocycles. The van der Waals surface area contributed by atoms with Crippen LogP contribution in [0.3, 0.4) is 0 Å². The smallest absolute Gasteiger partial charge is 0.145 e. The van der Waals surface area contributed by atoms with Gasteiger partial charge >= 0.3 is 0 Å². The van der Waals surface area contributed by atoms with Crippen LogP contribution in [-0.2, 0) is 0 Å². The second kappa shape index (κ2) is 6.94. The van der Waals surface area contributed by atoms with Crippen LogP contribution in [0.5, 0.6) is 11.5 Å². The van der Waals surface area contributed by atoms with Gasteiger partial charge in [-0.2, -0.15) is 0 Å². The Hall–Kier alpha value is -1.82. The number of hydrogen-bond acceptors (Lipinski definition) is 5. The molecule has 0 bridgehead atoms. The molecule has 1 aromatic rings. The Labute approximate surface area is 117 Å². The monoisotopic (exact) mass is 287 g/mol. The largest absolute Gasteiger partial charge is 0.495 e. The molecule has 106 valence electrons. The van der Waals surface area contributed by atoms with Crippen molar-refractivity contribution in [2.75, 3.05) is 26.1 Å². The van der Waals surface area contributed by atoms with Crippen LogP contribution in [0.2, 0.25) is 5.02 Å². The fourth-order valence-electron chi connectivity index (χ4n) is 1.46. The van der Waals surface area contributed by atoms with E-state index in [1.165, 1.54) is 7.11 Å². The molecule has 0 fully saturated rings. The SMILES string of the molecule is COc1cc(OC)c(NCC(C)C(N)=NO)cc1Cl. The number of nitrogens with one attached hydrogen (secondary N) is 1. The van der Waals surface area contributed by atoms with Crippen LogP contribution in [0.25, 0.3) is 0 Å². The number of benzene rings is 1. The van der Waals surface area contributed by atoms with Gasteiger partial charge in [0.2, 0.25) is 0 Å². The standard InChI is InChI=1S/C12H18ClN3O3/c1-7(12(14)16-17)6-15-9-4-8(13)10(18-2)5-11(9)19-3/h4-5,7,15,17H,6H2,1-3H3,(H2,14,16). The first-order valence-corrected chi connectivity index (χ1v) is 6.04. The van der Waals surface area contributed by atoms with E-state index in [0.717, 1.165) is 0 Å². The van der Waals surface area contributed by atoms with Crippen LogP contribution >= 0.6 is 11.6 Å². The highest BCUT2D eigenvalue weighted by atomic mass is 35.5. The third kappa shape index (κ3) is 3.82. The van der Waals surface area contributed by atoms with Gasteiger partial charge in [0.15, 0.2) is 0 Å². The minimum atomic E-state index is -0.129. The van der Waals surface area contributed by atoms with Gasteiger partial charge in [0.05, 0.1) is 24.9 Å². The van der Waals surface area contributed by atoms with E-state index in [0.29, 0.717) is 28.8 Å². The average molecular weight is 288 g/mol. The number of halogens is 1. The third-order valence-corrected chi connectivity index (χ3v) is 2.99. The van der Waals surface area contributed by atoms with Crippen molar-refractivity contribution in [1.82, 2.24) is 0 Å². The molecule has 0 spiro atoms. The molecule has 1 rings (SSSR count). The Balaban J connectivity index is 2.86. The Morgan fingerprint density at radius 3 is 2.58 bits per heavy atom. The number of nitrogens with zero attached hydrogens (tertiary/aromatic N) is 1. The number of methoxy groups -OCH3 is 2. The third-order valence-electron chi connectivity index (χ3n) is 2.69. The second-order valence-corrected chi connectivity index (χ2v) is 4.40. The number of ether oxygens (including phenoxy) is 2. The maximum Gasteiger partial charge on any atom is 0.145 e. The first-order valence-electron chi connectivity index (χ1n) is 5.66. The van der Waals surface area contributed by atoms with Crippen LogP contribution in [0.4, 0.5) is 5.69 Å².